The van der Waals surface area contributed by atoms with Crippen LogP contribution in [0.3, 0.4) is 0 Å². The zero-order chi connectivity index (χ0) is 18.7. The summed E-state index contributed by atoms with van der Waals surface area (Å²) in [6.45, 7) is 5.04. The summed E-state index contributed by atoms with van der Waals surface area (Å²) in [6.07, 6.45) is 3.07. The third-order valence-electron chi connectivity index (χ3n) is 4.90. The third-order valence-corrected chi connectivity index (χ3v) is 4.90. The fraction of sp³-hybridized carbons (Fsp3) is 0.364. The van der Waals surface area contributed by atoms with Crippen molar-refractivity contribution in [2.24, 2.45) is 5.73 Å². The van der Waals surface area contributed by atoms with Gasteiger partial charge in [-0.15, -0.1) is 0 Å². The molecule has 0 fully saturated rings. The molecule has 2 aromatic carbocycles. The second-order valence-corrected chi connectivity index (χ2v) is 6.79. The Hall–Kier alpha value is -2.46. The molecular formula is C22H28N2O2. The van der Waals surface area contributed by atoms with Crippen molar-refractivity contribution in [3.63, 3.8) is 0 Å². The van der Waals surface area contributed by atoms with Crippen LogP contribution >= 0.6 is 0 Å². The molecule has 3 aromatic rings. The lowest BCUT2D eigenvalue weighted by molar-refractivity contribution is 0.404. The summed E-state index contributed by atoms with van der Waals surface area (Å²) in [5.74, 6) is 1.66. The Labute approximate surface area is 155 Å². The molecule has 0 spiro atoms. The number of fused-ring (bicyclic) bond motifs is 1. The van der Waals surface area contributed by atoms with Gasteiger partial charge >= 0.3 is 0 Å². The summed E-state index contributed by atoms with van der Waals surface area (Å²) in [4.78, 5) is 3.65. The molecule has 26 heavy (non-hydrogen) atoms. The lowest BCUT2D eigenvalue weighted by atomic mass is 9.96. The van der Waals surface area contributed by atoms with Crippen molar-refractivity contribution in [1.29, 1.82) is 0 Å². The Morgan fingerprint density at radius 3 is 2.50 bits per heavy atom. The molecule has 0 saturated carbocycles. The van der Waals surface area contributed by atoms with E-state index in [1.807, 2.05) is 18.2 Å². The van der Waals surface area contributed by atoms with Gasteiger partial charge in [-0.05, 0) is 80.6 Å². The monoisotopic (exact) mass is 352 g/mol. The molecule has 4 heteroatoms. The van der Waals surface area contributed by atoms with Crippen molar-refractivity contribution < 1.29 is 9.47 Å². The van der Waals surface area contributed by atoms with Crippen molar-refractivity contribution in [1.82, 2.24) is 4.98 Å². The number of hydrogen-bond acceptors (Lipinski definition) is 3. The number of aromatic amines is 1. The molecule has 4 nitrogen and oxygen atoms in total. The minimum Gasteiger partial charge on any atom is -0.497 e. The molecule has 3 rings (SSSR count). The fourth-order valence-electron chi connectivity index (χ4n) is 3.74. The van der Waals surface area contributed by atoms with E-state index in [-0.39, 0.29) is 0 Å². The maximum absolute atomic E-state index is 5.72. The van der Waals surface area contributed by atoms with Gasteiger partial charge in [-0.1, -0.05) is 6.07 Å². The van der Waals surface area contributed by atoms with Crippen LogP contribution in [0.25, 0.3) is 22.2 Å². The van der Waals surface area contributed by atoms with Gasteiger partial charge < -0.3 is 20.2 Å². The first kappa shape index (κ1) is 18.3. The largest absolute Gasteiger partial charge is 0.497 e. The highest BCUT2D eigenvalue weighted by Gasteiger charge is 2.18. The number of unbranched alkanes of at least 4 members (excludes halogenated alkanes) is 1. The van der Waals surface area contributed by atoms with Crippen LogP contribution in [0.4, 0.5) is 0 Å². The summed E-state index contributed by atoms with van der Waals surface area (Å²) >= 11 is 0. The van der Waals surface area contributed by atoms with Gasteiger partial charge in [0, 0.05) is 16.5 Å². The molecule has 0 bridgehead atoms. The maximum Gasteiger partial charge on any atom is 0.128 e. The van der Waals surface area contributed by atoms with E-state index in [0.717, 1.165) is 48.6 Å². The molecule has 0 aliphatic carbocycles. The Morgan fingerprint density at radius 1 is 1.00 bits per heavy atom. The molecule has 0 radical (unpaired) electrons. The number of aromatic nitrogens is 1. The Kier molecular flexibility index (Phi) is 5.52. The minimum atomic E-state index is 0.720. The molecule has 0 amide bonds. The van der Waals surface area contributed by atoms with Crippen molar-refractivity contribution in [2.75, 3.05) is 20.8 Å². The van der Waals surface area contributed by atoms with E-state index in [4.69, 9.17) is 15.2 Å². The fourth-order valence-corrected chi connectivity index (χ4v) is 3.74. The van der Waals surface area contributed by atoms with Crippen LogP contribution in [-0.2, 0) is 6.42 Å². The van der Waals surface area contributed by atoms with Crippen LogP contribution in [0.1, 0.15) is 29.5 Å². The first-order chi connectivity index (χ1) is 12.6. The van der Waals surface area contributed by atoms with Gasteiger partial charge in [-0.2, -0.15) is 0 Å². The van der Waals surface area contributed by atoms with E-state index in [1.165, 1.54) is 27.6 Å². The summed E-state index contributed by atoms with van der Waals surface area (Å²) in [7, 11) is 3.39. The molecule has 0 atom stereocenters. The smallest absolute Gasteiger partial charge is 0.128 e. The summed E-state index contributed by atoms with van der Waals surface area (Å²) < 4.78 is 11.1. The van der Waals surface area contributed by atoms with E-state index in [1.54, 1.807) is 14.2 Å². The molecule has 3 N–H and O–H groups in total. The van der Waals surface area contributed by atoms with Crippen molar-refractivity contribution >= 4 is 10.9 Å². The first-order valence-corrected chi connectivity index (χ1v) is 9.13. The Bertz CT molecular complexity index is 912. The van der Waals surface area contributed by atoms with Crippen LogP contribution in [0, 0.1) is 13.8 Å². The second-order valence-electron chi connectivity index (χ2n) is 6.79. The number of ether oxygens (including phenoxy) is 2. The predicted octanol–water partition coefficient (Wildman–Crippen LogP) is 4.75. The number of nitrogens with two attached hydrogens (primary N) is 1. The van der Waals surface area contributed by atoms with Crippen molar-refractivity contribution in [2.45, 2.75) is 33.1 Å². The van der Waals surface area contributed by atoms with Crippen LogP contribution in [0.2, 0.25) is 0 Å². The average molecular weight is 352 g/mol. The number of hydrogen-bond donors (Lipinski definition) is 2. The molecule has 0 aliphatic heterocycles. The van der Waals surface area contributed by atoms with Crippen LogP contribution < -0.4 is 15.2 Å². The number of aryl methyl sites for hydroxylation is 3. The quantitative estimate of drug-likeness (QED) is 0.603. The zero-order valence-corrected chi connectivity index (χ0v) is 16.1. The molecule has 0 aliphatic rings. The Morgan fingerprint density at radius 2 is 1.81 bits per heavy atom. The van der Waals surface area contributed by atoms with Gasteiger partial charge in [0.05, 0.1) is 19.9 Å². The highest BCUT2D eigenvalue weighted by Crippen LogP contribution is 2.39. The van der Waals surface area contributed by atoms with Gasteiger partial charge in [0.2, 0.25) is 0 Å². The third kappa shape index (κ3) is 3.42. The molecule has 138 valence electrons. The number of benzene rings is 2. The summed E-state index contributed by atoms with van der Waals surface area (Å²) in [6, 6.07) is 10.4. The molecule has 0 saturated heterocycles. The van der Waals surface area contributed by atoms with E-state index in [0.29, 0.717) is 0 Å². The molecule has 0 unspecified atom stereocenters. The lowest BCUT2D eigenvalue weighted by Crippen LogP contribution is -2.00. The zero-order valence-electron chi connectivity index (χ0n) is 16.1. The molecule has 1 heterocycles. The number of nitrogens with one attached hydrogen (secondary N) is 1. The second kappa shape index (κ2) is 7.83. The molecule has 1 aromatic heterocycles. The highest BCUT2D eigenvalue weighted by atomic mass is 16.5. The predicted molar refractivity (Wildman–Crippen MR) is 108 cm³/mol. The van der Waals surface area contributed by atoms with Crippen molar-refractivity contribution in [3.8, 4) is 22.8 Å². The van der Waals surface area contributed by atoms with Crippen LogP contribution in [0.5, 0.6) is 11.5 Å². The summed E-state index contributed by atoms with van der Waals surface area (Å²) in [5, 5.41) is 1.31. The van der Waals surface area contributed by atoms with E-state index in [9.17, 15) is 0 Å². The van der Waals surface area contributed by atoms with Gasteiger partial charge in [-0.25, -0.2) is 0 Å². The normalized spacial score (nSPS) is 11.1. The van der Waals surface area contributed by atoms with Gasteiger partial charge in [0.25, 0.3) is 0 Å². The number of rotatable bonds is 7. The Balaban J connectivity index is 2.24. The SMILES string of the molecule is COc1ccc(OC)c(-c2[nH]c3cc(C)cc(C)c3c2CCCCN)c1. The number of H-pyrrole nitrogens is 1. The lowest BCUT2D eigenvalue weighted by Gasteiger charge is -2.12. The maximum atomic E-state index is 5.72. The minimum absolute atomic E-state index is 0.720. The van der Waals surface area contributed by atoms with Gasteiger partial charge in [0.15, 0.2) is 0 Å². The summed E-state index contributed by atoms with van der Waals surface area (Å²) in [5.41, 5.74) is 12.9. The average Bonchev–Trinajstić information content (AvgIpc) is 2.99. The van der Waals surface area contributed by atoms with Crippen molar-refractivity contribution in [3.05, 3.63) is 47.0 Å². The van der Waals surface area contributed by atoms with Gasteiger partial charge in [0.1, 0.15) is 11.5 Å². The van der Waals surface area contributed by atoms with Crippen LogP contribution in [-0.4, -0.2) is 25.7 Å². The first-order valence-electron chi connectivity index (χ1n) is 9.13. The van der Waals surface area contributed by atoms with Crippen LogP contribution in [0.15, 0.2) is 30.3 Å². The van der Waals surface area contributed by atoms with E-state index in [2.05, 4.69) is 31.0 Å². The highest BCUT2D eigenvalue weighted by molar-refractivity contribution is 5.94. The molecular weight excluding hydrogens is 324 g/mol. The number of methoxy groups -OCH3 is 2. The van der Waals surface area contributed by atoms with E-state index < -0.39 is 0 Å². The van der Waals surface area contributed by atoms with E-state index >= 15 is 0 Å². The standard InChI is InChI=1S/C22H28N2O2/c1-14-11-15(2)21-17(7-5-6-10-23)22(24-19(21)12-14)18-13-16(25-3)8-9-20(18)26-4/h8-9,11-13,24H,5-7,10,23H2,1-4H3. The topological polar surface area (TPSA) is 60.3 Å². The van der Waals surface area contributed by atoms with Gasteiger partial charge in [-0.3, -0.25) is 0 Å².